The molecule has 15 heavy (non-hydrogen) atoms. The highest BCUT2D eigenvalue weighted by Crippen LogP contribution is 2.23. The Kier molecular flexibility index (Phi) is 2.58. The van der Waals surface area contributed by atoms with E-state index in [2.05, 4.69) is 18.0 Å². The fourth-order valence-corrected chi connectivity index (χ4v) is 1.93. The predicted molar refractivity (Wildman–Crippen MR) is 62.3 cm³/mol. The van der Waals surface area contributed by atoms with Gasteiger partial charge >= 0.3 is 0 Å². The summed E-state index contributed by atoms with van der Waals surface area (Å²) in [6.07, 6.45) is 3.37. The maximum absolute atomic E-state index is 11.7. The molecule has 1 aromatic heterocycles. The number of H-pyrrole nitrogens is 1. The lowest BCUT2D eigenvalue weighted by molar-refractivity contribution is 0.0990. The molecule has 1 aromatic carbocycles. The Morgan fingerprint density at radius 2 is 2.13 bits per heavy atom. The van der Waals surface area contributed by atoms with Gasteiger partial charge in [0.2, 0.25) is 0 Å². The molecule has 2 rings (SSSR count). The maximum Gasteiger partial charge on any atom is 0.164 e. The second-order valence-corrected chi connectivity index (χ2v) is 3.67. The topological polar surface area (TPSA) is 32.9 Å². The zero-order valence-corrected chi connectivity index (χ0v) is 9.13. The number of ketones is 1. The summed E-state index contributed by atoms with van der Waals surface area (Å²) < 4.78 is 0. The summed E-state index contributed by atoms with van der Waals surface area (Å²) in [6.45, 7) is 4.02. The van der Waals surface area contributed by atoms with Crippen molar-refractivity contribution < 1.29 is 4.79 Å². The number of aryl methyl sites for hydroxylation is 1. The first-order valence-corrected chi connectivity index (χ1v) is 5.40. The number of hydrogen-bond acceptors (Lipinski definition) is 1. The van der Waals surface area contributed by atoms with Crippen molar-refractivity contribution in [1.29, 1.82) is 0 Å². The van der Waals surface area contributed by atoms with Gasteiger partial charge in [-0.05, 0) is 12.0 Å². The van der Waals surface area contributed by atoms with Gasteiger partial charge in [0.15, 0.2) is 5.78 Å². The Hall–Kier alpha value is -1.57. The van der Waals surface area contributed by atoms with Crippen LogP contribution in [0, 0.1) is 0 Å². The summed E-state index contributed by atoms with van der Waals surface area (Å²) in [6, 6.07) is 6.12. The van der Waals surface area contributed by atoms with Crippen LogP contribution in [0.5, 0.6) is 0 Å². The summed E-state index contributed by atoms with van der Waals surface area (Å²) in [7, 11) is 0. The van der Waals surface area contributed by atoms with E-state index in [0.717, 1.165) is 22.9 Å². The maximum atomic E-state index is 11.7. The van der Waals surface area contributed by atoms with Gasteiger partial charge in [-0.2, -0.15) is 0 Å². The molecule has 0 aliphatic carbocycles. The van der Waals surface area contributed by atoms with Crippen LogP contribution in [0.25, 0.3) is 10.9 Å². The number of benzene rings is 1. The SMILES string of the molecule is CCC(=O)c1c[nH]c2c(CC)cccc12. The molecular weight excluding hydrogens is 186 g/mol. The monoisotopic (exact) mass is 201 g/mol. The summed E-state index contributed by atoms with van der Waals surface area (Å²) in [5.74, 6) is 0.203. The highest BCUT2D eigenvalue weighted by atomic mass is 16.1. The second-order valence-electron chi connectivity index (χ2n) is 3.67. The average molecular weight is 201 g/mol. The molecule has 0 unspecified atom stereocenters. The van der Waals surface area contributed by atoms with Crippen LogP contribution in [-0.2, 0) is 6.42 Å². The van der Waals surface area contributed by atoms with Gasteiger partial charge in [0, 0.05) is 29.1 Å². The van der Waals surface area contributed by atoms with Gasteiger partial charge < -0.3 is 4.98 Å². The molecule has 0 aliphatic heterocycles. The minimum atomic E-state index is 0.203. The van der Waals surface area contributed by atoms with Gasteiger partial charge in [0.1, 0.15) is 0 Å². The van der Waals surface area contributed by atoms with E-state index in [0.29, 0.717) is 6.42 Å². The standard InChI is InChI=1S/C13H15NO/c1-3-9-6-5-7-10-11(12(15)4-2)8-14-13(9)10/h5-8,14H,3-4H2,1-2H3. The smallest absolute Gasteiger partial charge is 0.164 e. The normalized spacial score (nSPS) is 10.8. The molecule has 2 aromatic rings. The molecule has 0 amide bonds. The average Bonchev–Trinajstić information content (AvgIpc) is 2.71. The van der Waals surface area contributed by atoms with E-state index in [-0.39, 0.29) is 5.78 Å². The Morgan fingerprint density at radius 1 is 1.33 bits per heavy atom. The van der Waals surface area contributed by atoms with Crippen LogP contribution in [0.4, 0.5) is 0 Å². The van der Waals surface area contributed by atoms with E-state index in [1.807, 2.05) is 25.3 Å². The largest absolute Gasteiger partial charge is 0.360 e. The number of hydrogen-bond donors (Lipinski definition) is 1. The number of para-hydroxylation sites is 1. The van der Waals surface area contributed by atoms with Gasteiger partial charge in [-0.1, -0.05) is 32.0 Å². The first-order valence-electron chi connectivity index (χ1n) is 5.40. The van der Waals surface area contributed by atoms with E-state index in [1.165, 1.54) is 5.56 Å². The predicted octanol–water partition coefficient (Wildman–Crippen LogP) is 3.32. The molecule has 0 aliphatic rings. The highest BCUT2D eigenvalue weighted by molar-refractivity contribution is 6.08. The van der Waals surface area contributed by atoms with Crippen LogP contribution in [-0.4, -0.2) is 10.8 Å². The molecule has 0 saturated carbocycles. The number of rotatable bonds is 3. The van der Waals surface area contributed by atoms with E-state index in [9.17, 15) is 4.79 Å². The first-order chi connectivity index (χ1) is 7.27. The molecular formula is C13H15NO. The van der Waals surface area contributed by atoms with Crippen molar-refractivity contribution in [1.82, 2.24) is 4.98 Å². The molecule has 0 fully saturated rings. The van der Waals surface area contributed by atoms with Crippen molar-refractivity contribution in [3.63, 3.8) is 0 Å². The number of fused-ring (bicyclic) bond motifs is 1. The minimum Gasteiger partial charge on any atom is -0.360 e. The third kappa shape index (κ3) is 1.56. The molecule has 0 atom stereocenters. The number of carbonyl (C=O) groups excluding carboxylic acids is 1. The molecule has 1 heterocycles. The van der Waals surface area contributed by atoms with Crippen LogP contribution in [0.1, 0.15) is 36.2 Å². The van der Waals surface area contributed by atoms with Crippen molar-refractivity contribution >= 4 is 16.7 Å². The number of aromatic amines is 1. The number of nitrogens with one attached hydrogen (secondary N) is 1. The summed E-state index contributed by atoms with van der Waals surface area (Å²) >= 11 is 0. The van der Waals surface area contributed by atoms with Crippen LogP contribution in [0.15, 0.2) is 24.4 Å². The zero-order chi connectivity index (χ0) is 10.8. The lowest BCUT2D eigenvalue weighted by Crippen LogP contribution is -1.94. The molecule has 2 heteroatoms. The van der Waals surface area contributed by atoms with E-state index in [1.54, 1.807) is 0 Å². The molecule has 0 spiro atoms. The van der Waals surface area contributed by atoms with Gasteiger partial charge in [-0.3, -0.25) is 4.79 Å². The third-order valence-electron chi connectivity index (χ3n) is 2.80. The summed E-state index contributed by atoms with van der Waals surface area (Å²) in [5.41, 5.74) is 3.20. The number of aromatic nitrogens is 1. The molecule has 0 radical (unpaired) electrons. The fourth-order valence-electron chi connectivity index (χ4n) is 1.93. The Labute approximate surface area is 89.3 Å². The van der Waals surface area contributed by atoms with Crippen molar-refractivity contribution in [2.45, 2.75) is 26.7 Å². The van der Waals surface area contributed by atoms with E-state index < -0.39 is 0 Å². The Morgan fingerprint density at radius 3 is 2.80 bits per heavy atom. The molecule has 0 saturated heterocycles. The summed E-state index contributed by atoms with van der Waals surface area (Å²) in [5, 5.41) is 1.06. The fraction of sp³-hybridized carbons (Fsp3) is 0.308. The molecule has 78 valence electrons. The number of carbonyl (C=O) groups is 1. The molecule has 2 nitrogen and oxygen atoms in total. The Bertz CT molecular complexity index is 496. The van der Waals surface area contributed by atoms with Crippen molar-refractivity contribution in [3.8, 4) is 0 Å². The van der Waals surface area contributed by atoms with Crippen molar-refractivity contribution in [2.75, 3.05) is 0 Å². The Balaban J connectivity index is 2.66. The second kappa shape index (κ2) is 3.89. The van der Waals surface area contributed by atoms with E-state index >= 15 is 0 Å². The van der Waals surface area contributed by atoms with Gasteiger partial charge in [-0.15, -0.1) is 0 Å². The highest BCUT2D eigenvalue weighted by Gasteiger charge is 2.11. The lowest BCUT2D eigenvalue weighted by atomic mass is 10.0. The van der Waals surface area contributed by atoms with Gasteiger partial charge in [-0.25, -0.2) is 0 Å². The van der Waals surface area contributed by atoms with E-state index in [4.69, 9.17) is 0 Å². The van der Waals surface area contributed by atoms with Crippen LogP contribution in [0.3, 0.4) is 0 Å². The van der Waals surface area contributed by atoms with Crippen molar-refractivity contribution in [3.05, 3.63) is 35.5 Å². The molecule has 0 bridgehead atoms. The van der Waals surface area contributed by atoms with Crippen LogP contribution >= 0.6 is 0 Å². The quantitative estimate of drug-likeness (QED) is 0.759. The minimum absolute atomic E-state index is 0.203. The van der Waals surface area contributed by atoms with Gasteiger partial charge in [0.25, 0.3) is 0 Å². The zero-order valence-electron chi connectivity index (χ0n) is 9.13. The first kappa shape index (κ1) is 9.97. The van der Waals surface area contributed by atoms with Crippen molar-refractivity contribution in [2.24, 2.45) is 0 Å². The summed E-state index contributed by atoms with van der Waals surface area (Å²) in [4.78, 5) is 14.9. The lowest BCUT2D eigenvalue weighted by Gasteiger charge is -1.99. The van der Waals surface area contributed by atoms with Crippen LogP contribution < -0.4 is 0 Å². The number of Topliss-reactive ketones (excluding diaryl/α,β-unsaturated/α-hetero) is 1. The van der Waals surface area contributed by atoms with Gasteiger partial charge in [0.05, 0.1) is 0 Å². The van der Waals surface area contributed by atoms with Crippen LogP contribution in [0.2, 0.25) is 0 Å². The third-order valence-corrected chi connectivity index (χ3v) is 2.80. The molecule has 1 N–H and O–H groups in total.